The summed E-state index contributed by atoms with van der Waals surface area (Å²) in [6.07, 6.45) is 0. The van der Waals surface area contributed by atoms with Crippen LogP contribution in [0, 0.1) is 0 Å². The van der Waals surface area contributed by atoms with Crippen LogP contribution in [0.3, 0.4) is 0 Å². The largest absolute Gasteiger partial charge is 0.508 e. The molecule has 2 aromatic rings. The maximum Gasteiger partial charge on any atom is 0.116 e. The lowest BCUT2D eigenvalue weighted by Crippen LogP contribution is -1.80. The Hall–Kier alpha value is -0.540. The molecule has 0 aliphatic heterocycles. The second-order valence-electron chi connectivity index (χ2n) is 3.09. The van der Waals surface area contributed by atoms with E-state index in [1.165, 1.54) is 5.56 Å². The predicted octanol–water partition coefficient (Wildman–Crippen LogP) is 4.33. The Morgan fingerprint density at radius 2 is 1.57 bits per heavy atom. The number of alkyl halides is 2. The lowest BCUT2D eigenvalue weighted by molar-refractivity contribution is 0.476. The molecule has 0 fully saturated rings. The Morgan fingerprint density at radius 3 is 2.29 bits per heavy atom. The number of rotatable bonds is 1. The van der Waals surface area contributed by atoms with Crippen LogP contribution in [0.5, 0.6) is 5.75 Å². The molecule has 0 aliphatic rings. The summed E-state index contributed by atoms with van der Waals surface area (Å²) in [4.78, 5) is 0. The maximum atomic E-state index is 9.29. The number of benzene rings is 2. The lowest BCUT2D eigenvalue weighted by atomic mass is 10.1. The van der Waals surface area contributed by atoms with E-state index >= 15 is 0 Å². The van der Waals surface area contributed by atoms with E-state index in [1.807, 2.05) is 18.2 Å². The zero-order valence-electron chi connectivity index (χ0n) is 7.24. The van der Waals surface area contributed by atoms with Crippen molar-refractivity contribution >= 4 is 42.6 Å². The molecule has 0 spiro atoms. The summed E-state index contributed by atoms with van der Waals surface area (Å²) in [7, 11) is 0. The van der Waals surface area contributed by atoms with Gasteiger partial charge in [0.05, 0.1) is 3.74 Å². The number of halogens is 2. The molecule has 0 amide bonds. The molecule has 0 aliphatic carbocycles. The first-order valence-electron chi connectivity index (χ1n) is 4.17. The van der Waals surface area contributed by atoms with Crippen molar-refractivity contribution in [1.29, 1.82) is 0 Å². The van der Waals surface area contributed by atoms with Crippen LogP contribution < -0.4 is 0 Å². The average molecular weight is 316 g/mol. The number of hydrogen-bond donors (Lipinski definition) is 1. The van der Waals surface area contributed by atoms with Gasteiger partial charge in [-0.15, -0.1) is 0 Å². The molecule has 2 aromatic carbocycles. The molecule has 0 heterocycles. The van der Waals surface area contributed by atoms with Crippen molar-refractivity contribution in [1.82, 2.24) is 0 Å². The Labute approximate surface area is 99.0 Å². The zero-order valence-corrected chi connectivity index (χ0v) is 10.4. The minimum absolute atomic E-state index is 0.174. The minimum Gasteiger partial charge on any atom is -0.508 e. The van der Waals surface area contributed by atoms with E-state index in [1.54, 1.807) is 12.1 Å². The Kier molecular flexibility index (Phi) is 2.79. The number of hydrogen-bond acceptors (Lipinski definition) is 1. The highest BCUT2D eigenvalue weighted by atomic mass is 79.9. The van der Waals surface area contributed by atoms with Crippen LogP contribution >= 0.6 is 31.9 Å². The van der Waals surface area contributed by atoms with Crippen LogP contribution in [0.2, 0.25) is 0 Å². The molecule has 2 rings (SSSR count). The fraction of sp³-hybridized carbons (Fsp3) is 0.0909. The van der Waals surface area contributed by atoms with Gasteiger partial charge in [0.1, 0.15) is 5.75 Å². The van der Waals surface area contributed by atoms with E-state index in [2.05, 4.69) is 37.9 Å². The standard InChI is InChI=1S/C11H8Br2O/c12-11(13)9-2-1-8-6-10(14)4-3-7(8)5-9/h1-6,11,14H. The molecule has 0 saturated heterocycles. The van der Waals surface area contributed by atoms with E-state index in [0.29, 0.717) is 5.75 Å². The van der Waals surface area contributed by atoms with E-state index in [9.17, 15) is 5.11 Å². The summed E-state index contributed by atoms with van der Waals surface area (Å²) in [6, 6.07) is 11.5. The fourth-order valence-corrected chi connectivity index (χ4v) is 1.96. The van der Waals surface area contributed by atoms with Gasteiger partial charge in [0.15, 0.2) is 0 Å². The highest BCUT2D eigenvalue weighted by Crippen LogP contribution is 2.31. The molecular formula is C11H8Br2O. The average Bonchev–Trinajstić information content (AvgIpc) is 2.16. The van der Waals surface area contributed by atoms with E-state index in [0.717, 1.165) is 10.8 Å². The first kappa shape index (κ1) is 9.99. The number of phenols is 1. The van der Waals surface area contributed by atoms with Crippen molar-refractivity contribution in [3.8, 4) is 5.75 Å². The van der Waals surface area contributed by atoms with Gasteiger partial charge in [-0.3, -0.25) is 0 Å². The van der Waals surface area contributed by atoms with Crippen LogP contribution in [0.4, 0.5) is 0 Å². The second kappa shape index (κ2) is 3.91. The molecule has 3 heteroatoms. The van der Waals surface area contributed by atoms with Crippen molar-refractivity contribution in [3.05, 3.63) is 42.0 Å². The van der Waals surface area contributed by atoms with Gasteiger partial charge < -0.3 is 5.11 Å². The van der Waals surface area contributed by atoms with Gasteiger partial charge in [-0.25, -0.2) is 0 Å². The first-order chi connectivity index (χ1) is 6.66. The van der Waals surface area contributed by atoms with Crippen molar-refractivity contribution in [2.75, 3.05) is 0 Å². The van der Waals surface area contributed by atoms with Crippen molar-refractivity contribution in [2.45, 2.75) is 3.74 Å². The smallest absolute Gasteiger partial charge is 0.116 e. The monoisotopic (exact) mass is 314 g/mol. The fourth-order valence-electron chi connectivity index (χ4n) is 1.39. The van der Waals surface area contributed by atoms with E-state index in [4.69, 9.17) is 0 Å². The van der Waals surface area contributed by atoms with Crippen LogP contribution in [0.15, 0.2) is 36.4 Å². The van der Waals surface area contributed by atoms with Crippen molar-refractivity contribution in [3.63, 3.8) is 0 Å². The van der Waals surface area contributed by atoms with Crippen LogP contribution in [0.25, 0.3) is 10.8 Å². The quantitative estimate of drug-likeness (QED) is 0.776. The molecule has 0 radical (unpaired) electrons. The summed E-state index contributed by atoms with van der Waals surface area (Å²) in [5, 5.41) is 11.5. The van der Waals surface area contributed by atoms with Gasteiger partial charge in [-0.2, -0.15) is 0 Å². The third-order valence-electron chi connectivity index (χ3n) is 2.10. The Morgan fingerprint density at radius 1 is 0.929 bits per heavy atom. The van der Waals surface area contributed by atoms with Crippen molar-refractivity contribution in [2.24, 2.45) is 0 Å². The molecule has 0 bridgehead atoms. The van der Waals surface area contributed by atoms with Crippen molar-refractivity contribution < 1.29 is 5.11 Å². The highest BCUT2D eigenvalue weighted by Gasteiger charge is 2.03. The summed E-state index contributed by atoms with van der Waals surface area (Å²) < 4.78 is 0.174. The van der Waals surface area contributed by atoms with Gasteiger partial charge in [0.2, 0.25) is 0 Å². The predicted molar refractivity (Wildman–Crippen MR) is 66.2 cm³/mol. The Bertz CT molecular complexity index is 466. The second-order valence-corrected chi connectivity index (χ2v) is 6.15. The van der Waals surface area contributed by atoms with E-state index in [-0.39, 0.29) is 3.74 Å². The molecule has 0 atom stereocenters. The Balaban J connectivity index is 2.62. The normalized spacial score (nSPS) is 11.1. The molecule has 0 saturated carbocycles. The summed E-state index contributed by atoms with van der Waals surface area (Å²) in [5.41, 5.74) is 1.17. The molecule has 1 N–H and O–H groups in total. The molecule has 0 unspecified atom stereocenters. The van der Waals surface area contributed by atoms with Crippen LogP contribution in [-0.4, -0.2) is 5.11 Å². The lowest BCUT2D eigenvalue weighted by Gasteiger charge is -2.04. The molecule has 14 heavy (non-hydrogen) atoms. The summed E-state index contributed by atoms with van der Waals surface area (Å²) in [5.74, 6) is 0.305. The topological polar surface area (TPSA) is 20.2 Å². The number of fused-ring (bicyclic) bond motifs is 1. The van der Waals surface area contributed by atoms with Gasteiger partial charge in [-0.1, -0.05) is 50.1 Å². The zero-order chi connectivity index (χ0) is 10.1. The summed E-state index contributed by atoms with van der Waals surface area (Å²) in [6.45, 7) is 0. The SMILES string of the molecule is Oc1ccc2cc(C(Br)Br)ccc2c1. The molecule has 72 valence electrons. The third kappa shape index (κ3) is 1.93. The minimum atomic E-state index is 0.174. The molecule has 0 aromatic heterocycles. The van der Waals surface area contributed by atoms with Crippen LogP contribution in [-0.2, 0) is 0 Å². The van der Waals surface area contributed by atoms with Gasteiger partial charge >= 0.3 is 0 Å². The third-order valence-corrected chi connectivity index (χ3v) is 3.16. The molecular weight excluding hydrogens is 308 g/mol. The van der Waals surface area contributed by atoms with Gasteiger partial charge in [0.25, 0.3) is 0 Å². The number of phenolic OH excluding ortho intramolecular Hbond substituents is 1. The maximum absolute atomic E-state index is 9.29. The van der Waals surface area contributed by atoms with Gasteiger partial charge in [-0.05, 0) is 34.5 Å². The summed E-state index contributed by atoms with van der Waals surface area (Å²) >= 11 is 6.90. The highest BCUT2D eigenvalue weighted by molar-refractivity contribution is 9.24. The van der Waals surface area contributed by atoms with Crippen LogP contribution in [0.1, 0.15) is 9.30 Å². The molecule has 1 nitrogen and oxygen atoms in total. The number of aromatic hydroxyl groups is 1. The van der Waals surface area contributed by atoms with Gasteiger partial charge in [0, 0.05) is 0 Å². The van der Waals surface area contributed by atoms with E-state index < -0.39 is 0 Å². The first-order valence-corrected chi connectivity index (χ1v) is 6.01.